The van der Waals surface area contributed by atoms with Crippen LogP contribution in [0.1, 0.15) is 170 Å². The van der Waals surface area contributed by atoms with Crippen molar-refractivity contribution in [1.29, 1.82) is 0 Å². The van der Waals surface area contributed by atoms with Crippen LogP contribution in [0.4, 0.5) is 0 Å². The number of carboxylic acid groups (broad SMARTS) is 1. The van der Waals surface area contributed by atoms with Gasteiger partial charge in [0.15, 0.2) is 35.7 Å². The summed E-state index contributed by atoms with van der Waals surface area (Å²) in [5.41, 5.74) is 3.85. The number of phenolic OH excluding ortho intramolecular Hbond substituents is 3. The third-order valence-electron chi connectivity index (χ3n) is 23.1. The lowest BCUT2D eigenvalue weighted by atomic mass is 9.85. The first-order chi connectivity index (χ1) is 60.6. The maximum Gasteiger partial charge on any atom is 0.330 e. The number of aromatic hydroxyl groups is 3. The Labute approximate surface area is 745 Å². The highest BCUT2D eigenvalue weighted by molar-refractivity contribution is 7.99. The third kappa shape index (κ3) is 21.7. The number of carbonyl (C=O) groups excluding carboxylic acids is 7. The minimum atomic E-state index is -2.35. The lowest BCUT2D eigenvalue weighted by Gasteiger charge is -2.48. The van der Waals surface area contributed by atoms with Crippen molar-refractivity contribution in [3.05, 3.63) is 177 Å². The maximum absolute atomic E-state index is 16.4. The number of amides is 7. The number of aliphatic hydroxyl groups excluding tert-OH is 5. The molecular weight excluding hydrogens is 1710 g/mol. The molecule has 8 aromatic rings. The van der Waals surface area contributed by atoms with Crippen molar-refractivity contribution in [3.8, 4) is 79.7 Å². The number of aliphatic hydroxyl groups is 5. The van der Waals surface area contributed by atoms with Crippen molar-refractivity contribution in [2.75, 3.05) is 12.3 Å². The number of rotatable bonds is 26. The average Bonchev–Trinajstić information content (AvgIpc) is 1.73. The molecule has 7 aliphatic heterocycles. The Hall–Kier alpha value is -11.1. The number of hydrogen-bond acceptors (Lipinski definition) is 26. The van der Waals surface area contributed by atoms with Gasteiger partial charge in [-0.1, -0.05) is 186 Å². The number of nitrogens with two attached hydrogens (primary N) is 1. The molecule has 7 aliphatic rings. The van der Waals surface area contributed by atoms with Crippen molar-refractivity contribution >= 4 is 82.3 Å². The van der Waals surface area contributed by atoms with E-state index in [1.54, 1.807) is 20.8 Å². The first-order valence-corrected chi connectivity index (χ1v) is 43.8. The standard InChI is InChI=1S/C91H103Cl2N9O24S/c1-7-8-9-10-11-12-13-20-31-95-91(6)41-66(120-45(5)81(91)111)124-80-77(110)76(109)64(42-127-90-102-68(46-21-16-14-17-22-46)78(126-90)47-23-18-15-19-24-47)123-89(80)125-79-62-36-51-37-63(79)122-61-30-27-50(35-56(61)93)75(108)73-87(117)99-71(88(118)119)54-38-52(103)39-59(105)67(54)53-33-48(25-28-58(53)104)69(84(114)101-73)98-85(115)70(51)97-83(113)57(40-65(94)106)96-86(116)72(100-82(112)44(4)32-43(2)3)74(107)49-26-29-60(121-62)55(92)34-49/h14-19,21-30,33-39,43-45,57,64,66,69-77,80-81,89,95,103-105,107-111H,7-13,20,31-32,40-42H2,1-6H3,(H2,94,106)(H,96,116)(H,97,113)(H,98,115)(H,99,117)(H,100,112)(H,101,114)(H,118,119)/t44-,45?,57-,64?,66?,69?,70+,71+,72+,73-,74+,75+,76?,77?,80?,81?,89?,91?/m0/s1. The van der Waals surface area contributed by atoms with Gasteiger partial charge in [0.2, 0.25) is 53.4 Å². The quantitative estimate of drug-likeness (QED) is 0.0177. The maximum atomic E-state index is 16.4. The number of nitrogens with one attached hydrogen (secondary N) is 7. The van der Waals surface area contributed by atoms with Crippen LogP contribution >= 0.6 is 35.0 Å². The summed E-state index contributed by atoms with van der Waals surface area (Å²) >= 11 is 15.6. The number of carbonyl (C=O) groups is 8. The molecule has 33 nitrogen and oxygen atoms in total. The highest BCUT2D eigenvalue weighted by Gasteiger charge is 2.53. The highest BCUT2D eigenvalue weighted by Crippen LogP contribution is 2.51. The van der Waals surface area contributed by atoms with Gasteiger partial charge >= 0.3 is 5.97 Å². The van der Waals surface area contributed by atoms with E-state index in [2.05, 4.69) is 44.1 Å². The number of carboxylic acids is 1. The Morgan fingerprint density at radius 1 is 0.654 bits per heavy atom. The third-order valence-corrected chi connectivity index (χ3v) is 24.6. The second-order valence-electron chi connectivity index (χ2n) is 33.1. The van der Waals surface area contributed by atoms with E-state index in [0.717, 1.165) is 112 Å². The van der Waals surface area contributed by atoms with Crippen LogP contribution in [0.15, 0.2) is 149 Å². The number of nitrogens with zero attached hydrogens (tertiary/aromatic N) is 1. The summed E-state index contributed by atoms with van der Waals surface area (Å²) in [6, 6.07) is 19.3. The number of primary amides is 1. The molecule has 15 rings (SSSR count). The molecule has 36 heteroatoms. The summed E-state index contributed by atoms with van der Waals surface area (Å²) in [5.74, 6) is -16.2. The number of aliphatic carboxylic acids is 1. The zero-order valence-corrected chi connectivity index (χ0v) is 72.5. The Kier molecular flexibility index (Phi) is 30.1. The summed E-state index contributed by atoms with van der Waals surface area (Å²) in [6.45, 7) is 11.4. The van der Waals surface area contributed by atoms with E-state index in [-0.39, 0.29) is 56.5 Å². The van der Waals surface area contributed by atoms with Crippen LogP contribution in [-0.2, 0) is 52.6 Å². The molecule has 11 bridgehead atoms. The molecule has 18 N–H and O–H groups in total. The number of benzene rings is 7. The molecule has 1 aromatic heterocycles. The van der Waals surface area contributed by atoms with Gasteiger partial charge in [-0.3, -0.25) is 33.6 Å². The van der Waals surface area contributed by atoms with Crippen molar-refractivity contribution in [2.24, 2.45) is 17.6 Å². The van der Waals surface area contributed by atoms with E-state index in [0.29, 0.717) is 35.5 Å². The van der Waals surface area contributed by atoms with Crippen LogP contribution in [0.3, 0.4) is 0 Å². The fourth-order valence-corrected chi connectivity index (χ4v) is 17.7. The number of fused-ring (bicyclic) bond motifs is 15. The molecule has 0 radical (unpaired) electrons. The molecule has 10 unspecified atom stereocenters. The Morgan fingerprint density at radius 3 is 1.89 bits per heavy atom. The van der Waals surface area contributed by atoms with Gasteiger partial charge in [-0.15, -0.1) is 0 Å². The number of aromatic nitrogens is 1. The number of halogens is 2. The largest absolute Gasteiger partial charge is 0.508 e. The molecule has 18 atom stereocenters. The summed E-state index contributed by atoms with van der Waals surface area (Å²) in [5, 5.41) is 126. The molecule has 2 fully saturated rings. The summed E-state index contributed by atoms with van der Waals surface area (Å²) < 4.78 is 47.7. The molecule has 676 valence electrons. The molecular formula is C91H103Cl2N9O24S. The van der Waals surface area contributed by atoms with Crippen LogP contribution in [0.2, 0.25) is 10.0 Å². The minimum absolute atomic E-state index is 0.0500. The van der Waals surface area contributed by atoms with Crippen molar-refractivity contribution in [2.45, 2.75) is 221 Å². The predicted octanol–water partition coefficient (Wildman–Crippen LogP) is 10.0. The first kappa shape index (κ1) is 93.5. The first-order valence-electron chi connectivity index (χ1n) is 42.0. The van der Waals surface area contributed by atoms with E-state index in [1.807, 2.05) is 74.5 Å². The van der Waals surface area contributed by atoms with Gasteiger partial charge in [0.1, 0.15) is 89.1 Å². The lowest BCUT2D eigenvalue weighted by molar-refractivity contribution is -0.330. The zero-order chi connectivity index (χ0) is 91.0. The monoisotopic (exact) mass is 1810 g/mol. The topological polar surface area (TPSA) is 510 Å². The molecule has 127 heavy (non-hydrogen) atoms. The van der Waals surface area contributed by atoms with Gasteiger partial charge < -0.3 is 122 Å². The Morgan fingerprint density at radius 2 is 1.26 bits per heavy atom. The molecule has 0 spiro atoms. The van der Waals surface area contributed by atoms with Gasteiger partial charge in [-0.05, 0) is 116 Å². The Bertz CT molecular complexity index is 5310. The van der Waals surface area contributed by atoms with E-state index < -0.39 is 225 Å². The van der Waals surface area contributed by atoms with Gasteiger partial charge in [0.25, 0.3) is 5.22 Å². The number of thioether (sulfide) groups is 1. The molecule has 8 heterocycles. The second-order valence-corrected chi connectivity index (χ2v) is 34.9. The summed E-state index contributed by atoms with van der Waals surface area (Å²) in [6.07, 6.45) is -9.50. The fourth-order valence-electron chi connectivity index (χ4n) is 16.4. The van der Waals surface area contributed by atoms with Gasteiger partial charge in [0.05, 0.1) is 34.8 Å². The number of hydrogen-bond donors (Lipinski definition) is 17. The van der Waals surface area contributed by atoms with Crippen molar-refractivity contribution < 1.29 is 117 Å². The lowest BCUT2D eigenvalue weighted by Crippen LogP contribution is -2.65. The number of ether oxygens (including phenoxy) is 6. The van der Waals surface area contributed by atoms with E-state index in [4.69, 9.17) is 66.8 Å². The normalized spacial score (nSPS) is 25.8. The molecule has 7 amide bonds. The average molecular weight is 1810 g/mol. The van der Waals surface area contributed by atoms with Crippen LogP contribution in [-0.4, -0.2) is 183 Å². The fraction of sp³-hybridized carbons (Fsp3) is 0.418. The SMILES string of the molecule is CCCCCCCCCCNC1(C)CC(OC2C(Oc3c4cc5cc3Oc3ccc(cc3Cl)[C@@H](O)[C@@H](NC(=O)[C@@H](C)CC(C)C)C(=O)N[C@@H](CC(N)=O)C(=O)N[C@H]5C(=O)NC3C(=O)N[C@H](C(=O)N[C@@H](C(=O)O)c5cc(O)cc(O)c5-c5cc3ccc5O)[C@H](O)c3ccc(c(Cl)c3)O4)OC(CSc3nc(-c4ccccc4)c(-c4ccccc4)o3)C(O)C2O)OC(C)C1O. The summed E-state index contributed by atoms with van der Waals surface area (Å²) in [4.78, 5) is 124. The smallest absolute Gasteiger partial charge is 0.330 e. The molecule has 0 saturated carbocycles. The van der Waals surface area contributed by atoms with Gasteiger partial charge in [-0.2, -0.15) is 0 Å². The van der Waals surface area contributed by atoms with Gasteiger partial charge in [0, 0.05) is 57.5 Å². The van der Waals surface area contributed by atoms with Crippen molar-refractivity contribution in [1.82, 2.24) is 42.2 Å². The number of phenols is 3. The molecule has 7 aromatic carbocycles. The van der Waals surface area contributed by atoms with Crippen LogP contribution in [0.5, 0.6) is 46.0 Å². The Balaban J connectivity index is 1.01. The number of unbranched alkanes of at least 4 members (excludes halogenated alkanes) is 7. The van der Waals surface area contributed by atoms with Crippen molar-refractivity contribution in [3.63, 3.8) is 0 Å². The minimum Gasteiger partial charge on any atom is -0.508 e. The van der Waals surface area contributed by atoms with Crippen LogP contribution in [0.25, 0.3) is 33.7 Å². The van der Waals surface area contributed by atoms with E-state index in [1.165, 1.54) is 30.3 Å². The van der Waals surface area contributed by atoms with Crippen LogP contribution < -0.4 is 57.2 Å². The predicted molar refractivity (Wildman–Crippen MR) is 463 cm³/mol. The highest BCUT2D eigenvalue weighted by atomic mass is 35.5. The van der Waals surface area contributed by atoms with Crippen LogP contribution in [0, 0.1) is 11.8 Å². The zero-order valence-electron chi connectivity index (χ0n) is 70.2. The number of oxazole rings is 1. The van der Waals surface area contributed by atoms with Gasteiger partial charge in [-0.25, -0.2) is 9.78 Å². The summed E-state index contributed by atoms with van der Waals surface area (Å²) in [7, 11) is 0. The molecule has 0 aliphatic carbocycles. The van der Waals surface area contributed by atoms with E-state index >= 15 is 24.0 Å². The molecule has 2 saturated heterocycles. The van der Waals surface area contributed by atoms with E-state index in [9.17, 15) is 60.3 Å². The second kappa shape index (κ2) is 40.9.